The van der Waals surface area contributed by atoms with Gasteiger partial charge < -0.3 is 15.7 Å². The van der Waals surface area contributed by atoms with Crippen LogP contribution in [-0.4, -0.2) is 54.3 Å². The molecule has 3 N–H and O–H groups in total. The molecule has 1 aliphatic carbocycles. The molecule has 5 nitrogen and oxygen atoms in total. The summed E-state index contributed by atoms with van der Waals surface area (Å²) >= 11 is 0. The molecule has 27 heavy (non-hydrogen) atoms. The SMILES string of the molecule is CCNC(=NCC1CCCC1O)NC1CCN(Cc2ccc(F)cc2)CC1. The number of aliphatic hydroxyl groups is 1. The number of halogens is 1. The van der Waals surface area contributed by atoms with E-state index < -0.39 is 0 Å². The molecule has 0 bridgehead atoms. The molecule has 0 aromatic heterocycles. The standard InChI is InChI=1S/C21H33FN4O/c1-2-23-21(24-14-17-4-3-5-20(17)27)25-19-10-12-26(13-11-19)15-16-6-8-18(22)9-7-16/h6-9,17,19-20,27H,2-5,10-15H2,1H3,(H2,23,24,25). The number of aliphatic hydroxyl groups excluding tert-OH is 1. The van der Waals surface area contributed by atoms with Gasteiger partial charge in [-0.3, -0.25) is 9.89 Å². The van der Waals surface area contributed by atoms with Gasteiger partial charge in [0.2, 0.25) is 0 Å². The van der Waals surface area contributed by atoms with Crippen LogP contribution in [0, 0.1) is 11.7 Å². The third kappa shape index (κ3) is 6.18. The second-order valence-electron chi connectivity index (χ2n) is 7.80. The number of hydrogen-bond acceptors (Lipinski definition) is 3. The molecule has 6 heteroatoms. The van der Waals surface area contributed by atoms with Crippen LogP contribution in [0.25, 0.3) is 0 Å². The monoisotopic (exact) mass is 376 g/mol. The summed E-state index contributed by atoms with van der Waals surface area (Å²) in [4.78, 5) is 7.14. The summed E-state index contributed by atoms with van der Waals surface area (Å²) in [5.41, 5.74) is 1.16. The molecule has 0 radical (unpaired) electrons. The molecule has 1 aliphatic heterocycles. The maximum atomic E-state index is 13.0. The van der Waals surface area contributed by atoms with Crippen LogP contribution in [-0.2, 0) is 6.54 Å². The van der Waals surface area contributed by atoms with Gasteiger partial charge in [0.15, 0.2) is 5.96 Å². The first-order valence-electron chi connectivity index (χ1n) is 10.3. The molecule has 1 heterocycles. The van der Waals surface area contributed by atoms with Gasteiger partial charge in [0, 0.05) is 44.7 Å². The number of nitrogens with one attached hydrogen (secondary N) is 2. The molecule has 2 fully saturated rings. The molecule has 1 saturated heterocycles. The second-order valence-corrected chi connectivity index (χ2v) is 7.80. The third-order valence-electron chi connectivity index (χ3n) is 5.69. The van der Waals surface area contributed by atoms with Crippen LogP contribution in [0.15, 0.2) is 29.3 Å². The predicted molar refractivity (Wildman–Crippen MR) is 107 cm³/mol. The Hall–Kier alpha value is -1.66. The fourth-order valence-electron chi connectivity index (χ4n) is 4.04. The van der Waals surface area contributed by atoms with Crippen molar-refractivity contribution in [1.82, 2.24) is 15.5 Å². The molecule has 2 atom stereocenters. The number of rotatable bonds is 6. The zero-order chi connectivity index (χ0) is 19.1. The summed E-state index contributed by atoms with van der Waals surface area (Å²) in [6.45, 7) is 6.53. The molecule has 1 aromatic carbocycles. The lowest BCUT2D eigenvalue weighted by molar-refractivity contribution is 0.136. The minimum absolute atomic E-state index is 0.179. The Labute approximate surface area is 162 Å². The van der Waals surface area contributed by atoms with Crippen LogP contribution in [0.2, 0.25) is 0 Å². The van der Waals surface area contributed by atoms with E-state index in [4.69, 9.17) is 4.99 Å². The van der Waals surface area contributed by atoms with E-state index in [1.54, 1.807) is 0 Å². The summed E-state index contributed by atoms with van der Waals surface area (Å²) in [5.74, 6) is 0.994. The van der Waals surface area contributed by atoms with Gasteiger partial charge in [-0.15, -0.1) is 0 Å². The van der Waals surface area contributed by atoms with Gasteiger partial charge in [0.05, 0.1) is 6.10 Å². The number of nitrogens with zero attached hydrogens (tertiary/aromatic N) is 2. The first-order chi connectivity index (χ1) is 13.1. The van der Waals surface area contributed by atoms with Crippen molar-refractivity contribution in [3.05, 3.63) is 35.6 Å². The summed E-state index contributed by atoms with van der Waals surface area (Å²) in [6.07, 6.45) is 5.04. The first kappa shape index (κ1) is 20.1. The molecule has 2 aliphatic rings. The fraction of sp³-hybridized carbons (Fsp3) is 0.667. The Bertz CT molecular complexity index is 599. The van der Waals surface area contributed by atoms with Crippen molar-refractivity contribution in [3.63, 3.8) is 0 Å². The topological polar surface area (TPSA) is 59.9 Å². The number of benzene rings is 1. The van der Waals surface area contributed by atoms with Crippen molar-refractivity contribution < 1.29 is 9.50 Å². The Kier molecular flexibility index (Phi) is 7.47. The number of piperidine rings is 1. The smallest absolute Gasteiger partial charge is 0.191 e. The first-order valence-corrected chi connectivity index (χ1v) is 10.3. The van der Waals surface area contributed by atoms with Crippen molar-refractivity contribution in [2.75, 3.05) is 26.2 Å². The summed E-state index contributed by atoms with van der Waals surface area (Å²) < 4.78 is 13.0. The molecule has 3 rings (SSSR count). The van der Waals surface area contributed by atoms with Crippen LogP contribution in [0.5, 0.6) is 0 Å². The van der Waals surface area contributed by atoms with Gasteiger partial charge in [0.1, 0.15) is 5.82 Å². The van der Waals surface area contributed by atoms with E-state index in [-0.39, 0.29) is 11.9 Å². The maximum absolute atomic E-state index is 13.0. The van der Waals surface area contributed by atoms with Crippen LogP contribution in [0.1, 0.15) is 44.6 Å². The van der Waals surface area contributed by atoms with Gasteiger partial charge in [-0.25, -0.2) is 4.39 Å². The fourth-order valence-corrected chi connectivity index (χ4v) is 4.04. The lowest BCUT2D eigenvalue weighted by atomic mass is 10.0. The van der Waals surface area contributed by atoms with Crippen molar-refractivity contribution in [3.8, 4) is 0 Å². The number of aliphatic imine (C=N–C) groups is 1. The van der Waals surface area contributed by atoms with Gasteiger partial charge in [-0.05, 0) is 50.3 Å². The van der Waals surface area contributed by atoms with Gasteiger partial charge >= 0.3 is 0 Å². The van der Waals surface area contributed by atoms with E-state index >= 15 is 0 Å². The third-order valence-corrected chi connectivity index (χ3v) is 5.69. The lowest BCUT2D eigenvalue weighted by Crippen LogP contribution is -2.48. The lowest BCUT2D eigenvalue weighted by Gasteiger charge is -2.33. The quantitative estimate of drug-likeness (QED) is 0.527. The molecule has 1 aromatic rings. The molecule has 0 spiro atoms. The number of guanidine groups is 1. The largest absolute Gasteiger partial charge is 0.393 e. The zero-order valence-corrected chi connectivity index (χ0v) is 16.3. The highest BCUT2D eigenvalue weighted by Gasteiger charge is 2.25. The highest BCUT2D eigenvalue weighted by atomic mass is 19.1. The normalized spacial score (nSPS) is 24.9. The van der Waals surface area contributed by atoms with Crippen molar-refractivity contribution >= 4 is 5.96 Å². The molecule has 1 saturated carbocycles. The van der Waals surface area contributed by atoms with Crippen molar-refractivity contribution in [2.45, 2.75) is 57.7 Å². The Morgan fingerprint density at radius 2 is 1.93 bits per heavy atom. The minimum atomic E-state index is -0.189. The van der Waals surface area contributed by atoms with E-state index in [1.165, 1.54) is 12.1 Å². The Balaban J connectivity index is 1.45. The molecular formula is C21H33FN4O. The summed E-state index contributed by atoms with van der Waals surface area (Å²) in [7, 11) is 0. The second kappa shape index (κ2) is 10.0. The van der Waals surface area contributed by atoms with Crippen LogP contribution in [0.4, 0.5) is 4.39 Å². The van der Waals surface area contributed by atoms with E-state index in [1.807, 2.05) is 12.1 Å². The average Bonchev–Trinajstić information content (AvgIpc) is 3.08. The highest BCUT2D eigenvalue weighted by Crippen LogP contribution is 2.25. The predicted octanol–water partition coefficient (Wildman–Crippen LogP) is 2.51. The van der Waals surface area contributed by atoms with E-state index in [0.717, 1.165) is 69.8 Å². The maximum Gasteiger partial charge on any atom is 0.191 e. The molecule has 150 valence electrons. The minimum Gasteiger partial charge on any atom is -0.393 e. The molecule has 2 unspecified atom stereocenters. The van der Waals surface area contributed by atoms with Gasteiger partial charge in [0.25, 0.3) is 0 Å². The molecular weight excluding hydrogens is 343 g/mol. The highest BCUT2D eigenvalue weighted by molar-refractivity contribution is 5.80. The summed E-state index contributed by atoms with van der Waals surface area (Å²) in [5, 5.41) is 16.9. The van der Waals surface area contributed by atoms with E-state index in [0.29, 0.717) is 18.5 Å². The molecule has 0 amide bonds. The van der Waals surface area contributed by atoms with Gasteiger partial charge in [-0.1, -0.05) is 18.6 Å². The van der Waals surface area contributed by atoms with Crippen LogP contribution >= 0.6 is 0 Å². The Morgan fingerprint density at radius 1 is 1.19 bits per heavy atom. The van der Waals surface area contributed by atoms with E-state index in [9.17, 15) is 9.50 Å². The van der Waals surface area contributed by atoms with Gasteiger partial charge in [-0.2, -0.15) is 0 Å². The van der Waals surface area contributed by atoms with Crippen LogP contribution in [0.3, 0.4) is 0 Å². The van der Waals surface area contributed by atoms with Crippen molar-refractivity contribution in [1.29, 1.82) is 0 Å². The van der Waals surface area contributed by atoms with E-state index in [2.05, 4.69) is 22.5 Å². The average molecular weight is 377 g/mol. The number of hydrogen-bond donors (Lipinski definition) is 3. The number of likely N-dealkylation sites (tertiary alicyclic amines) is 1. The van der Waals surface area contributed by atoms with Crippen LogP contribution < -0.4 is 10.6 Å². The Morgan fingerprint density at radius 3 is 2.56 bits per heavy atom. The zero-order valence-electron chi connectivity index (χ0n) is 16.3. The van der Waals surface area contributed by atoms with Crippen molar-refractivity contribution in [2.24, 2.45) is 10.9 Å². The summed E-state index contributed by atoms with van der Waals surface area (Å²) in [6, 6.07) is 7.22.